The van der Waals surface area contributed by atoms with Gasteiger partial charge in [0.2, 0.25) is 0 Å². The molecular formula is C8H10Cl2. The second-order valence-corrected chi connectivity index (χ2v) is 3.02. The highest BCUT2D eigenvalue weighted by Crippen LogP contribution is 2.11. The van der Waals surface area contributed by atoms with Crippen LogP contribution in [-0.4, -0.2) is 0 Å². The molecule has 0 atom stereocenters. The standard InChI is InChI=1S/C8H10Cl2/c1-6(2)8(10)5-4-7(3)9/h4-5H,3H2,1-2H3/b5-4-. The van der Waals surface area contributed by atoms with Crippen molar-refractivity contribution in [1.82, 2.24) is 0 Å². The van der Waals surface area contributed by atoms with Gasteiger partial charge in [0.15, 0.2) is 0 Å². The minimum atomic E-state index is 0.486. The van der Waals surface area contributed by atoms with E-state index in [0.717, 1.165) is 5.57 Å². The summed E-state index contributed by atoms with van der Waals surface area (Å²) >= 11 is 11.2. The van der Waals surface area contributed by atoms with Crippen LogP contribution in [0, 0.1) is 0 Å². The molecule has 0 aliphatic heterocycles. The average Bonchev–Trinajstić information content (AvgIpc) is 1.82. The zero-order valence-corrected chi connectivity index (χ0v) is 7.63. The van der Waals surface area contributed by atoms with Gasteiger partial charge in [0.05, 0.1) is 0 Å². The van der Waals surface area contributed by atoms with Crippen LogP contribution < -0.4 is 0 Å². The van der Waals surface area contributed by atoms with Crippen LogP contribution in [0.25, 0.3) is 0 Å². The Bertz CT molecular complexity index is 183. The van der Waals surface area contributed by atoms with Crippen LogP contribution in [0.2, 0.25) is 0 Å². The summed E-state index contributed by atoms with van der Waals surface area (Å²) in [6.07, 6.45) is 3.39. The molecule has 0 aromatic heterocycles. The van der Waals surface area contributed by atoms with Gasteiger partial charge < -0.3 is 0 Å². The van der Waals surface area contributed by atoms with Gasteiger partial charge in [-0.15, -0.1) is 0 Å². The smallest absolute Gasteiger partial charge is 0.0392 e. The molecule has 0 aromatic rings. The first-order valence-corrected chi connectivity index (χ1v) is 3.65. The van der Waals surface area contributed by atoms with Crippen molar-refractivity contribution in [3.8, 4) is 0 Å². The van der Waals surface area contributed by atoms with Crippen molar-refractivity contribution in [2.24, 2.45) is 0 Å². The molecule has 56 valence electrons. The normalized spacial score (nSPS) is 10.0. The van der Waals surface area contributed by atoms with Gasteiger partial charge in [-0.05, 0) is 26.0 Å². The third-order valence-corrected chi connectivity index (χ3v) is 1.52. The minimum Gasteiger partial charge on any atom is -0.0850 e. The molecule has 0 aliphatic rings. The van der Waals surface area contributed by atoms with E-state index in [1.807, 2.05) is 13.8 Å². The highest BCUT2D eigenvalue weighted by Gasteiger charge is 1.86. The van der Waals surface area contributed by atoms with Crippen LogP contribution in [0.4, 0.5) is 0 Å². The average molecular weight is 177 g/mol. The third-order valence-electron chi connectivity index (χ3n) is 0.888. The molecule has 0 fully saturated rings. The van der Waals surface area contributed by atoms with Crippen LogP contribution in [0.3, 0.4) is 0 Å². The van der Waals surface area contributed by atoms with Crippen molar-refractivity contribution in [2.75, 3.05) is 0 Å². The number of hydrogen-bond acceptors (Lipinski definition) is 0. The molecule has 0 saturated heterocycles. The predicted octanol–water partition coefficient (Wildman–Crippen LogP) is 3.83. The van der Waals surface area contributed by atoms with Crippen LogP contribution >= 0.6 is 23.2 Å². The molecule has 0 heterocycles. The zero-order chi connectivity index (χ0) is 8.15. The fraction of sp³-hybridized carbons (Fsp3) is 0.250. The van der Waals surface area contributed by atoms with Crippen molar-refractivity contribution in [3.05, 3.63) is 34.4 Å². The number of rotatable bonds is 2. The lowest BCUT2D eigenvalue weighted by atomic mass is 10.3. The summed E-state index contributed by atoms with van der Waals surface area (Å²) in [5.41, 5.74) is 1.07. The summed E-state index contributed by atoms with van der Waals surface area (Å²) in [5.74, 6) is 0. The van der Waals surface area contributed by atoms with Crippen molar-refractivity contribution in [3.63, 3.8) is 0 Å². The number of halogens is 2. The largest absolute Gasteiger partial charge is 0.0850 e. The zero-order valence-electron chi connectivity index (χ0n) is 6.12. The fourth-order valence-electron chi connectivity index (χ4n) is 0.330. The van der Waals surface area contributed by atoms with Crippen molar-refractivity contribution < 1.29 is 0 Å². The Morgan fingerprint density at radius 2 is 1.70 bits per heavy atom. The first-order chi connectivity index (χ1) is 4.54. The Kier molecular flexibility index (Phi) is 4.50. The second kappa shape index (κ2) is 4.59. The Hall–Kier alpha value is -0.200. The van der Waals surface area contributed by atoms with E-state index in [4.69, 9.17) is 23.2 Å². The summed E-state index contributed by atoms with van der Waals surface area (Å²) in [4.78, 5) is 0. The Labute approximate surface area is 71.8 Å². The molecular weight excluding hydrogens is 167 g/mol. The van der Waals surface area contributed by atoms with E-state index in [9.17, 15) is 0 Å². The number of allylic oxidation sites excluding steroid dienone is 5. The molecule has 0 aliphatic carbocycles. The van der Waals surface area contributed by atoms with Gasteiger partial charge in [0, 0.05) is 10.1 Å². The lowest BCUT2D eigenvalue weighted by Crippen LogP contribution is -1.69. The molecule has 0 saturated carbocycles. The van der Waals surface area contributed by atoms with Gasteiger partial charge in [-0.1, -0.05) is 35.4 Å². The maximum Gasteiger partial charge on any atom is 0.0392 e. The summed E-state index contributed by atoms with van der Waals surface area (Å²) in [7, 11) is 0. The quantitative estimate of drug-likeness (QED) is 0.562. The third kappa shape index (κ3) is 4.66. The molecule has 0 unspecified atom stereocenters. The van der Waals surface area contributed by atoms with E-state index in [1.54, 1.807) is 12.2 Å². The Balaban J connectivity index is 4.16. The maximum atomic E-state index is 5.75. The topological polar surface area (TPSA) is 0 Å². The van der Waals surface area contributed by atoms with E-state index < -0.39 is 0 Å². The van der Waals surface area contributed by atoms with Gasteiger partial charge in [-0.3, -0.25) is 0 Å². The van der Waals surface area contributed by atoms with Gasteiger partial charge in [-0.2, -0.15) is 0 Å². The van der Waals surface area contributed by atoms with Gasteiger partial charge in [-0.25, -0.2) is 0 Å². The van der Waals surface area contributed by atoms with Gasteiger partial charge >= 0.3 is 0 Å². The molecule has 0 spiro atoms. The fourth-order valence-corrected chi connectivity index (χ4v) is 0.456. The highest BCUT2D eigenvalue weighted by atomic mass is 35.5. The van der Waals surface area contributed by atoms with Crippen molar-refractivity contribution in [1.29, 1.82) is 0 Å². The van der Waals surface area contributed by atoms with Gasteiger partial charge in [0.25, 0.3) is 0 Å². The molecule has 0 rings (SSSR count). The van der Waals surface area contributed by atoms with Crippen LogP contribution in [-0.2, 0) is 0 Å². The van der Waals surface area contributed by atoms with E-state index in [-0.39, 0.29) is 0 Å². The lowest BCUT2D eigenvalue weighted by molar-refractivity contribution is 1.38. The molecule has 10 heavy (non-hydrogen) atoms. The minimum absolute atomic E-state index is 0.486. The van der Waals surface area contributed by atoms with Crippen LogP contribution in [0.1, 0.15) is 13.8 Å². The summed E-state index contributed by atoms with van der Waals surface area (Å²) < 4.78 is 0. The Morgan fingerprint density at radius 3 is 2.00 bits per heavy atom. The van der Waals surface area contributed by atoms with Crippen molar-refractivity contribution >= 4 is 23.2 Å². The molecule has 0 nitrogen and oxygen atoms in total. The van der Waals surface area contributed by atoms with E-state index >= 15 is 0 Å². The monoisotopic (exact) mass is 176 g/mol. The SMILES string of the molecule is C=C(Cl)/C=C\C(Cl)=C(C)C. The summed E-state index contributed by atoms with van der Waals surface area (Å²) in [5, 5.41) is 1.20. The van der Waals surface area contributed by atoms with E-state index in [2.05, 4.69) is 6.58 Å². The van der Waals surface area contributed by atoms with Gasteiger partial charge in [0.1, 0.15) is 0 Å². The van der Waals surface area contributed by atoms with E-state index in [1.165, 1.54) is 0 Å². The summed E-state index contributed by atoms with van der Waals surface area (Å²) in [6, 6.07) is 0. The molecule has 0 bridgehead atoms. The lowest BCUT2D eigenvalue weighted by Gasteiger charge is -1.90. The second-order valence-electron chi connectivity index (χ2n) is 2.13. The van der Waals surface area contributed by atoms with Crippen LogP contribution in [0.5, 0.6) is 0 Å². The predicted molar refractivity (Wildman–Crippen MR) is 48.4 cm³/mol. The number of hydrogen-bond donors (Lipinski definition) is 0. The summed E-state index contributed by atoms with van der Waals surface area (Å²) in [6.45, 7) is 7.35. The molecule has 0 aromatic carbocycles. The molecule has 0 radical (unpaired) electrons. The maximum absolute atomic E-state index is 5.75. The highest BCUT2D eigenvalue weighted by molar-refractivity contribution is 6.33. The van der Waals surface area contributed by atoms with E-state index in [0.29, 0.717) is 10.1 Å². The molecule has 0 amide bonds. The first kappa shape index (κ1) is 9.80. The Morgan fingerprint density at radius 1 is 1.20 bits per heavy atom. The van der Waals surface area contributed by atoms with Crippen molar-refractivity contribution in [2.45, 2.75) is 13.8 Å². The molecule has 0 N–H and O–H groups in total. The van der Waals surface area contributed by atoms with Crippen LogP contribution in [0.15, 0.2) is 34.4 Å². The molecule has 2 heteroatoms. The first-order valence-electron chi connectivity index (χ1n) is 2.89.